The number of nitrogens with one attached hydrogen (secondary N) is 1. The molecule has 0 aromatic carbocycles. The van der Waals surface area contributed by atoms with Gasteiger partial charge in [-0.15, -0.1) is 0 Å². The van der Waals surface area contributed by atoms with E-state index < -0.39 is 5.54 Å². The molecule has 3 atom stereocenters. The molecule has 3 unspecified atom stereocenters. The Morgan fingerprint density at radius 2 is 1.95 bits per heavy atom. The summed E-state index contributed by atoms with van der Waals surface area (Å²) in [6, 6.07) is -0.122. The fraction of sp³-hybridized carbons (Fsp3) is 0.867. The highest BCUT2D eigenvalue weighted by molar-refractivity contribution is 7.99. The highest BCUT2D eigenvalue weighted by Crippen LogP contribution is 2.36. The zero-order valence-electron chi connectivity index (χ0n) is 13.1. The van der Waals surface area contributed by atoms with Gasteiger partial charge in [0.15, 0.2) is 0 Å². The highest BCUT2D eigenvalue weighted by Gasteiger charge is 2.50. The van der Waals surface area contributed by atoms with Crippen molar-refractivity contribution in [2.45, 2.75) is 69.8 Å². The summed E-state index contributed by atoms with van der Waals surface area (Å²) in [5.41, 5.74) is -0.784. The molecular formula is C15H26N2O2S. The summed E-state index contributed by atoms with van der Waals surface area (Å²) in [5.74, 6) is 0.205. The van der Waals surface area contributed by atoms with Gasteiger partial charge in [-0.3, -0.25) is 9.59 Å². The van der Waals surface area contributed by atoms with Crippen LogP contribution in [0.5, 0.6) is 0 Å². The molecule has 0 aromatic rings. The van der Waals surface area contributed by atoms with Crippen molar-refractivity contribution in [2.24, 2.45) is 5.92 Å². The summed E-state index contributed by atoms with van der Waals surface area (Å²) >= 11 is 1.83. The maximum absolute atomic E-state index is 12.9. The van der Waals surface area contributed by atoms with Gasteiger partial charge in [0.25, 0.3) is 0 Å². The summed E-state index contributed by atoms with van der Waals surface area (Å²) < 4.78 is 0. The van der Waals surface area contributed by atoms with Gasteiger partial charge in [0.05, 0.1) is 0 Å². The lowest BCUT2D eigenvalue weighted by Crippen LogP contribution is -2.71. The van der Waals surface area contributed by atoms with Crippen LogP contribution in [0, 0.1) is 5.92 Å². The van der Waals surface area contributed by atoms with Gasteiger partial charge in [0, 0.05) is 11.3 Å². The molecule has 20 heavy (non-hydrogen) atoms. The molecule has 2 fully saturated rings. The van der Waals surface area contributed by atoms with Crippen molar-refractivity contribution in [2.75, 3.05) is 6.26 Å². The second kappa shape index (κ2) is 5.58. The van der Waals surface area contributed by atoms with Gasteiger partial charge in [-0.05, 0) is 38.9 Å². The van der Waals surface area contributed by atoms with Crippen molar-refractivity contribution in [1.82, 2.24) is 10.2 Å². The van der Waals surface area contributed by atoms with E-state index in [0.717, 1.165) is 19.3 Å². The van der Waals surface area contributed by atoms with Gasteiger partial charge in [-0.2, -0.15) is 11.8 Å². The SMILES string of the molecule is CSC1CCCC1N1C(=O)C(C)(C)NC(=O)C1C(C)C. The zero-order valence-corrected chi connectivity index (χ0v) is 13.9. The summed E-state index contributed by atoms with van der Waals surface area (Å²) in [6.45, 7) is 7.65. The Kier molecular flexibility index (Phi) is 4.38. The molecule has 1 N–H and O–H groups in total. The van der Waals surface area contributed by atoms with Crippen LogP contribution in [-0.4, -0.2) is 45.8 Å². The quantitative estimate of drug-likeness (QED) is 0.867. The number of amides is 2. The van der Waals surface area contributed by atoms with Crippen LogP contribution in [0.4, 0.5) is 0 Å². The molecule has 0 spiro atoms. The third-order valence-corrected chi connectivity index (χ3v) is 5.64. The summed E-state index contributed by atoms with van der Waals surface area (Å²) in [7, 11) is 0. The minimum absolute atomic E-state index is 0.00338. The number of carbonyl (C=O) groups excluding carboxylic acids is 2. The lowest BCUT2D eigenvalue weighted by molar-refractivity contribution is -0.158. The molecule has 0 radical (unpaired) electrons. The van der Waals surface area contributed by atoms with E-state index in [9.17, 15) is 9.59 Å². The van der Waals surface area contributed by atoms with Crippen molar-refractivity contribution in [3.8, 4) is 0 Å². The molecule has 1 aliphatic heterocycles. The fourth-order valence-corrected chi connectivity index (χ4v) is 4.48. The Labute approximate surface area is 126 Å². The van der Waals surface area contributed by atoms with Gasteiger partial charge >= 0.3 is 0 Å². The standard InChI is InChI=1S/C15H26N2O2S/c1-9(2)12-13(18)16-15(3,4)14(19)17(12)10-7-6-8-11(10)20-5/h9-12H,6-8H2,1-5H3,(H,16,18). The molecule has 1 saturated heterocycles. The number of hydrogen-bond acceptors (Lipinski definition) is 3. The van der Waals surface area contributed by atoms with E-state index in [4.69, 9.17) is 0 Å². The van der Waals surface area contributed by atoms with Gasteiger partial charge < -0.3 is 10.2 Å². The van der Waals surface area contributed by atoms with Crippen LogP contribution in [-0.2, 0) is 9.59 Å². The molecule has 1 saturated carbocycles. The van der Waals surface area contributed by atoms with E-state index in [0.29, 0.717) is 5.25 Å². The Hall–Kier alpha value is -0.710. The van der Waals surface area contributed by atoms with Crippen LogP contribution in [0.25, 0.3) is 0 Å². The number of rotatable bonds is 3. The first-order valence-electron chi connectivity index (χ1n) is 7.47. The minimum atomic E-state index is -0.784. The molecule has 0 bridgehead atoms. The fourth-order valence-electron chi connectivity index (χ4n) is 3.49. The smallest absolute Gasteiger partial charge is 0.248 e. The van der Waals surface area contributed by atoms with Crippen LogP contribution >= 0.6 is 11.8 Å². The molecule has 1 heterocycles. The first kappa shape index (κ1) is 15.7. The number of carbonyl (C=O) groups is 2. The van der Waals surface area contributed by atoms with Crippen LogP contribution in [0.2, 0.25) is 0 Å². The third kappa shape index (κ3) is 2.57. The van der Waals surface area contributed by atoms with Crippen molar-refractivity contribution in [1.29, 1.82) is 0 Å². The number of piperazine rings is 1. The number of nitrogens with zero attached hydrogens (tertiary/aromatic N) is 1. The third-order valence-electron chi connectivity index (χ3n) is 4.48. The van der Waals surface area contributed by atoms with Gasteiger partial charge in [0.1, 0.15) is 11.6 Å². The predicted octanol–water partition coefficient (Wildman–Crippen LogP) is 2.03. The normalized spacial score (nSPS) is 33.7. The maximum Gasteiger partial charge on any atom is 0.248 e. The lowest BCUT2D eigenvalue weighted by atomic mass is 9.89. The Morgan fingerprint density at radius 1 is 1.30 bits per heavy atom. The van der Waals surface area contributed by atoms with E-state index in [1.807, 2.05) is 30.5 Å². The predicted molar refractivity (Wildman–Crippen MR) is 82.6 cm³/mol. The summed E-state index contributed by atoms with van der Waals surface area (Å²) in [6.07, 6.45) is 5.41. The van der Waals surface area contributed by atoms with Crippen LogP contribution < -0.4 is 5.32 Å². The molecule has 2 aliphatic rings. The Bertz CT molecular complexity index is 409. The van der Waals surface area contributed by atoms with E-state index in [1.165, 1.54) is 0 Å². The molecule has 4 nitrogen and oxygen atoms in total. The van der Waals surface area contributed by atoms with Gasteiger partial charge in [-0.25, -0.2) is 0 Å². The van der Waals surface area contributed by atoms with E-state index in [1.54, 1.807) is 13.8 Å². The van der Waals surface area contributed by atoms with Gasteiger partial charge in [-0.1, -0.05) is 20.3 Å². The van der Waals surface area contributed by atoms with E-state index >= 15 is 0 Å². The molecule has 2 amide bonds. The topological polar surface area (TPSA) is 49.4 Å². The first-order chi connectivity index (χ1) is 9.29. The summed E-state index contributed by atoms with van der Waals surface area (Å²) in [5, 5.41) is 3.35. The molecule has 114 valence electrons. The van der Waals surface area contributed by atoms with Crippen LogP contribution in [0.15, 0.2) is 0 Å². The van der Waals surface area contributed by atoms with Gasteiger partial charge in [0.2, 0.25) is 11.8 Å². The maximum atomic E-state index is 12.9. The zero-order chi connectivity index (χ0) is 15.1. The summed E-state index contributed by atoms with van der Waals surface area (Å²) in [4.78, 5) is 27.2. The molecule has 2 rings (SSSR count). The lowest BCUT2D eigenvalue weighted by Gasteiger charge is -2.48. The molecule has 1 aliphatic carbocycles. The average molecular weight is 298 g/mol. The molecular weight excluding hydrogens is 272 g/mol. The van der Waals surface area contributed by atoms with Crippen LogP contribution in [0.3, 0.4) is 0 Å². The minimum Gasteiger partial charge on any atom is -0.340 e. The number of thioether (sulfide) groups is 1. The largest absolute Gasteiger partial charge is 0.340 e. The Balaban J connectivity index is 2.37. The number of hydrogen-bond donors (Lipinski definition) is 1. The molecule has 5 heteroatoms. The van der Waals surface area contributed by atoms with E-state index in [-0.39, 0.29) is 29.8 Å². The Morgan fingerprint density at radius 3 is 2.50 bits per heavy atom. The molecule has 0 aromatic heterocycles. The van der Waals surface area contributed by atoms with Crippen molar-refractivity contribution in [3.63, 3.8) is 0 Å². The average Bonchev–Trinajstić information content (AvgIpc) is 2.80. The highest BCUT2D eigenvalue weighted by atomic mass is 32.2. The van der Waals surface area contributed by atoms with E-state index in [2.05, 4.69) is 11.6 Å². The second-order valence-electron chi connectivity index (χ2n) is 6.79. The van der Waals surface area contributed by atoms with Crippen molar-refractivity contribution >= 4 is 23.6 Å². The van der Waals surface area contributed by atoms with Crippen molar-refractivity contribution in [3.05, 3.63) is 0 Å². The monoisotopic (exact) mass is 298 g/mol. The van der Waals surface area contributed by atoms with Crippen LogP contribution in [0.1, 0.15) is 47.0 Å². The van der Waals surface area contributed by atoms with Crippen molar-refractivity contribution < 1.29 is 9.59 Å². The first-order valence-corrected chi connectivity index (χ1v) is 8.76. The second-order valence-corrected chi connectivity index (χ2v) is 7.86.